The van der Waals surface area contributed by atoms with Gasteiger partial charge in [0, 0.05) is 69.2 Å². The molecule has 1 aliphatic heterocycles. The SMILES string of the molecule is COc1ccc(C(=O)N2CCN(c3ncccn3)CC2)cc1-c1csc(N(C)C)n1. The maximum absolute atomic E-state index is 13.1. The largest absolute Gasteiger partial charge is 0.496 e. The Kier molecular flexibility index (Phi) is 5.80. The summed E-state index contributed by atoms with van der Waals surface area (Å²) < 4.78 is 5.52. The zero-order valence-corrected chi connectivity index (χ0v) is 18.1. The fraction of sp³-hybridized carbons (Fsp3) is 0.333. The number of rotatable bonds is 5. The number of nitrogens with zero attached hydrogens (tertiary/aromatic N) is 6. The molecule has 156 valence electrons. The quantitative estimate of drug-likeness (QED) is 0.623. The number of thiazole rings is 1. The van der Waals surface area contributed by atoms with E-state index in [0.29, 0.717) is 43.4 Å². The molecular weight excluding hydrogens is 400 g/mol. The van der Waals surface area contributed by atoms with E-state index in [-0.39, 0.29) is 5.91 Å². The molecule has 0 radical (unpaired) electrons. The van der Waals surface area contributed by atoms with Crippen LogP contribution >= 0.6 is 11.3 Å². The van der Waals surface area contributed by atoms with Crippen molar-refractivity contribution in [2.75, 3.05) is 57.2 Å². The molecule has 0 N–H and O–H groups in total. The molecule has 30 heavy (non-hydrogen) atoms. The van der Waals surface area contributed by atoms with E-state index in [1.807, 2.05) is 47.5 Å². The lowest BCUT2D eigenvalue weighted by Gasteiger charge is -2.34. The molecule has 0 bridgehead atoms. The summed E-state index contributed by atoms with van der Waals surface area (Å²) in [6, 6.07) is 7.33. The molecule has 0 unspecified atom stereocenters. The molecule has 4 rings (SSSR count). The Labute approximate surface area is 179 Å². The molecule has 8 nitrogen and oxygen atoms in total. The van der Waals surface area contributed by atoms with Crippen molar-refractivity contribution in [2.24, 2.45) is 0 Å². The standard InChI is InChI=1S/C21H24N6O2S/c1-25(2)21-24-17(14-30-21)16-13-15(5-6-18(16)29-3)19(28)26-9-11-27(12-10-26)20-22-7-4-8-23-20/h4-8,13-14H,9-12H2,1-3H3. The second kappa shape index (κ2) is 8.66. The summed E-state index contributed by atoms with van der Waals surface area (Å²) in [7, 11) is 5.55. The predicted octanol–water partition coefficient (Wildman–Crippen LogP) is 2.64. The Morgan fingerprint density at radius 3 is 2.50 bits per heavy atom. The van der Waals surface area contributed by atoms with E-state index in [1.54, 1.807) is 36.9 Å². The first-order valence-corrected chi connectivity index (χ1v) is 10.6. The molecule has 0 atom stereocenters. The molecule has 3 aromatic rings. The highest BCUT2D eigenvalue weighted by Crippen LogP contribution is 2.34. The van der Waals surface area contributed by atoms with Gasteiger partial charge in [0.05, 0.1) is 12.8 Å². The van der Waals surface area contributed by atoms with Crippen LogP contribution in [0.5, 0.6) is 5.75 Å². The lowest BCUT2D eigenvalue weighted by atomic mass is 10.1. The van der Waals surface area contributed by atoms with Gasteiger partial charge in [-0.15, -0.1) is 11.3 Å². The lowest BCUT2D eigenvalue weighted by Crippen LogP contribution is -2.49. The number of ether oxygens (including phenoxy) is 1. The third-order valence-corrected chi connectivity index (χ3v) is 6.01. The molecule has 1 amide bonds. The van der Waals surface area contributed by atoms with E-state index < -0.39 is 0 Å². The number of methoxy groups -OCH3 is 1. The van der Waals surface area contributed by atoms with Crippen LogP contribution in [0.25, 0.3) is 11.3 Å². The summed E-state index contributed by atoms with van der Waals surface area (Å²) in [4.78, 5) is 32.3. The maximum Gasteiger partial charge on any atom is 0.254 e. The Balaban J connectivity index is 1.52. The Morgan fingerprint density at radius 2 is 1.87 bits per heavy atom. The van der Waals surface area contributed by atoms with Crippen molar-refractivity contribution in [1.29, 1.82) is 0 Å². The van der Waals surface area contributed by atoms with Crippen LogP contribution in [0.4, 0.5) is 11.1 Å². The third-order valence-electron chi connectivity index (χ3n) is 5.00. The molecule has 3 heterocycles. The van der Waals surface area contributed by atoms with Gasteiger partial charge in [0.1, 0.15) is 5.75 Å². The van der Waals surface area contributed by atoms with Gasteiger partial charge in [0.15, 0.2) is 5.13 Å². The van der Waals surface area contributed by atoms with Gasteiger partial charge in [-0.1, -0.05) is 0 Å². The van der Waals surface area contributed by atoms with Crippen LogP contribution in [0.1, 0.15) is 10.4 Å². The normalized spacial score (nSPS) is 14.0. The van der Waals surface area contributed by atoms with Crippen LogP contribution in [0.2, 0.25) is 0 Å². The van der Waals surface area contributed by atoms with Crippen molar-refractivity contribution < 1.29 is 9.53 Å². The number of anilines is 2. The second-order valence-electron chi connectivity index (χ2n) is 7.15. The number of carbonyl (C=O) groups excluding carboxylic acids is 1. The molecule has 1 aliphatic rings. The molecule has 0 spiro atoms. The number of hydrogen-bond donors (Lipinski definition) is 0. The van der Waals surface area contributed by atoms with Crippen LogP contribution in [-0.4, -0.2) is 73.1 Å². The first kappa shape index (κ1) is 20.1. The van der Waals surface area contributed by atoms with Gasteiger partial charge < -0.3 is 19.4 Å². The smallest absolute Gasteiger partial charge is 0.254 e. The zero-order chi connectivity index (χ0) is 21.1. The third kappa shape index (κ3) is 4.06. The van der Waals surface area contributed by atoms with Crippen molar-refractivity contribution in [1.82, 2.24) is 19.9 Å². The fourth-order valence-electron chi connectivity index (χ4n) is 3.38. The van der Waals surface area contributed by atoms with E-state index >= 15 is 0 Å². The van der Waals surface area contributed by atoms with Crippen LogP contribution in [0.15, 0.2) is 42.0 Å². The van der Waals surface area contributed by atoms with Crippen LogP contribution in [0.3, 0.4) is 0 Å². The van der Waals surface area contributed by atoms with Crippen molar-refractivity contribution in [3.05, 3.63) is 47.6 Å². The molecule has 0 saturated carbocycles. The van der Waals surface area contributed by atoms with E-state index in [9.17, 15) is 4.79 Å². The summed E-state index contributed by atoms with van der Waals surface area (Å²) in [6.45, 7) is 2.66. The number of aromatic nitrogens is 3. The van der Waals surface area contributed by atoms with Gasteiger partial charge in [-0.25, -0.2) is 15.0 Å². The van der Waals surface area contributed by atoms with Gasteiger partial charge in [0.2, 0.25) is 5.95 Å². The predicted molar refractivity (Wildman–Crippen MR) is 119 cm³/mol. The number of piperazine rings is 1. The highest BCUT2D eigenvalue weighted by molar-refractivity contribution is 7.14. The molecule has 1 aromatic carbocycles. The van der Waals surface area contributed by atoms with Crippen molar-refractivity contribution >= 4 is 28.3 Å². The summed E-state index contributed by atoms with van der Waals surface area (Å²) in [5.41, 5.74) is 2.26. The summed E-state index contributed by atoms with van der Waals surface area (Å²) in [6.07, 6.45) is 3.47. The monoisotopic (exact) mass is 424 g/mol. The Bertz CT molecular complexity index is 1020. The minimum Gasteiger partial charge on any atom is -0.496 e. The second-order valence-corrected chi connectivity index (χ2v) is 7.99. The number of carbonyl (C=O) groups is 1. The summed E-state index contributed by atoms with van der Waals surface area (Å²) >= 11 is 1.56. The minimum atomic E-state index is 0.00981. The highest BCUT2D eigenvalue weighted by atomic mass is 32.1. The van der Waals surface area contributed by atoms with Gasteiger partial charge >= 0.3 is 0 Å². The number of benzene rings is 1. The molecule has 2 aromatic heterocycles. The number of amides is 1. The molecular formula is C21H24N6O2S. The number of hydrogen-bond acceptors (Lipinski definition) is 8. The fourth-order valence-corrected chi connectivity index (χ4v) is 4.14. The van der Waals surface area contributed by atoms with Gasteiger partial charge in [-0.2, -0.15) is 0 Å². The molecule has 1 saturated heterocycles. The average Bonchev–Trinajstić information content (AvgIpc) is 3.29. The topological polar surface area (TPSA) is 74.7 Å². The van der Waals surface area contributed by atoms with Gasteiger partial charge in [-0.3, -0.25) is 4.79 Å². The minimum absolute atomic E-state index is 0.00981. The van der Waals surface area contributed by atoms with Crippen LogP contribution in [-0.2, 0) is 0 Å². The summed E-state index contributed by atoms with van der Waals surface area (Å²) in [5, 5.41) is 2.89. The van der Waals surface area contributed by atoms with E-state index in [0.717, 1.165) is 16.4 Å². The Hall–Kier alpha value is -3.20. The van der Waals surface area contributed by atoms with Crippen molar-refractivity contribution in [2.45, 2.75) is 0 Å². The molecule has 9 heteroatoms. The van der Waals surface area contributed by atoms with Crippen molar-refractivity contribution in [3.63, 3.8) is 0 Å². The zero-order valence-electron chi connectivity index (χ0n) is 17.3. The van der Waals surface area contributed by atoms with E-state index in [2.05, 4.69) is 19.9 Å². The van der Waals surface area contributed by atoms with E-state index in [1.165, 1.54) is 0 Å². The lowest BCUT2D eigenvalue weighted by molar-refractivity contribution is 0.0746. The van der Waals surface area contributed by atoms with E-state index in [4.69, 9.17) is 4.74 Å². The highest BCUT2D eigenvalue weighted by Gasteiger charge is 2.24. The average molecular weight is 425 g/mol. The molecule has 1 fully saturated rings. The summed E-state index contributed by atoms with van der Waals surface area (Å²) in [5.74, 6) is 1.42. The van der Waals surface area contributed by atoms with Crippen LogP contribution < -0.4 is 14.5 Å². The van der Waals surface area contributed by atoms with Gasteiger partial charge in [-0.05, 0) is 24.3 Å². The first-order valence-electron chi connectivity index (χ1n) is 9.69. The maximum atomic E-state index is 13.1. The first-order chi connectivity index (χ1) is 14.6. The van der Waals surface area contributed by atoms with Gasteiger partial charge in [0.25, 0.3) is 5.91 Å². The van der Waals surface area contributed by atoms with Crippen molar-refractivity contribution in [3.8, 4) is 17.0 Å². The van der Waals surface area contributed by atoms with Crippen LogP contribution in [0, 0.1) is 0 Å². The Morgan fingerprint density at radius 1 is 1.13 bits per heavy atom. The molecule has 0 aliphatic carbocycles.